The van der Waals surface area contributed by atoms with Crippen LogP contribution in [0.15, 0.2) is 48.5 Å². The van der Waals surface area contributed by atoms with Crippen LogP contribution < -0.4 is 10.6 Å². The van der Waals surface area contributed by atoms with E-state index in [1.54, 1.807) is 20.8 Å². The number of fused-ring (bicyclic) bond motifs is 3. The molecule has 0 heterocycles. The van der Waals surface area contributed by atoms with Crippen molar-refractivity contribution in [3.63, 3.8) is 0 Å². The molecule has 2 aromatic rings. The van der Waals surface area contributed by atoms with Gasteiger partial charge in [-0.15, -0.1) is 0 Å². The SMILES string of the molecule is CC(C)(C)[C@H](NC(=O)[C@H]1CCCC[C@H]1NC(=O)OCC1c2ccccc2-c2ccccc21)C(=O)O. The molecule has 0 unspecified atom stereocenters. The molecule has 0 saturated heterocycles. The van der Waals surface area contributed by atoms with Gasteiger partial charge in [-0.3, -0.25) is 4.79 Å². The maximum Gasteiger partial charge on any atom is 0.407 e. The third-order valence-corrected chi connectivity index (χ3v) is 7.15. The lowest BCUT2D eigenvalue weighted by atomic mass is 9.82. The smallest absolute Gasteiger partial charge is 0.407 e. The van der Waals surface area contributed by atoms with E-state index in [1.807, 2.05) is 24.3 Å². The van der Waals surface area contributed by atoms with Crippen molar-refractivity contribution in [1.82, 2.24) is 10.6 Å². The van der Waals surface area contributed by atoms with Gasteiger partial charge in [-0.05, 0) is 40.5 Å². The number of ether oxygens (including phenoxy) is 1. The van der Waals surface area contributed by atoms with Gasteiger partial charge in [0.15, 0.2) is 0 Å². The number of benzene rings is 2. The summed E-state index contributed by atoms with van der Waals surface area (Å²) in [7, 11) is 0. The first-order chi connectivity index (χ1) is 16.7. The van der Waals surface area contributed by atoms with Crippen LogP contribution in [0.2, 0.25) is 0 Å². The fraction of sp³-hybridized carbons (Fsp3) is 0.464. The number of hydrogen-bond donors (Lipinski definition) is 3. The number of amides is 2. The first-order valence-corrected chi connectivity index (χ1v) is 12.3. The molecule has 0 spiro atoms. The lowest BCUT2D eigenvalue weighted by Crippen LogP contribution is -2.55. The van der Waals surface area contributed by atoms with Gasteiger partial charge >= 0.3 is 12.1 Å². The second-order valence-electron chi connectivity index (χ2n) is 10.6. The Kier molecular flexibility index (Phi) is 7.15. The summed E-state index contributed by atoms with van der Waals surface area (Å²) in [6.07, 6.45) is 2.43. The summed E-state index contributed by atoms with van der Waals surface area (Å²) in [5.41, 5.74) is 3.96. The van der Waals surface area contributed by atoms with Crippen molar-refractivity contribution >= 4 is 18.0 Å². The Morgan fingerprint density at radius 3 is 2.11 bits per heavy atom. The second kappa shape index (κ2) is 10.1. The number of alkyl carbamates (subject to hydrolysis) is 1. The van der Waals surface area contributed by atoms with Gasteiger partial charge < -0.3 is 20.5 Å². The number of hydrogen-bond acceptors (Lipinski definition) is 4. The normalized spacial score (nSPS) is 20.3. The highest BCUT2D eigenvalue weighted by Crippen LogP contribution is 2.44. The summed E-state index contributed by atoms with van der Waals surface area (Å²) in [6, 6.07) is 14.9. The lowest BCUT2D eigenvalue weighted by Gasteiger charge is -2.34. The highest BCUT2D eigenvalue weighted by atomic mass is 16.5. The quantitative estimate of drug-likeness (QED) is 0.558. The maximum absolute atomic E-state index is 13.0. The maximum atomic E-state index is 13.0. The van der Waals surface area contributed by atoms with Crippen LogP contribution in [0.3, 0.4) is 0 Å². The Labute approximate surface area is 206 Å². The molecule has 3 atom stereocenters. The largest absolute Gasteiger partial charge is 0.480 e. The molecule has 0 aliphatic heterocycles. The summed E-state index contributed by atoms with van der Waals surface area (Å²) in [5.74, 6) is -1.94. The van der Waals surface area contributed by atoms with Crippen molar-refractivity contribution in [2.24, 2.45) is 11.3 Å². The molecule has 3 N–H and O–H groups in total. The Balaban J connectivity index is 1.40. The van der Waals surface area contributed by atoms with Crippen molar-refractivity contribution in [2.45, 2.75) is 64.5 Å². The van der Waals surface area contributed by atoms with Crippen LogP contribution in [0.4, 0.5) is 4.79 Å². The van der Waals surface area contributed by atoms with Gasteiger partial charge in [0, 0.05) is 12.0 Å². The van der Waals surface area contributed by atoms with E-state index in [9.17, 15) is 19.5 Å². The van der Waals surface area contributed by atoms with Crippen molar-refractivity contribution < 1.29 is 24.2 Å². The number of carboxylic acids is 1. The summed E-state index contributed by atoms with van der Waals surface area (Å²) in [6.45, 7) is 5.53. The average Bonchev–Trinajstić information content (AvgIpc) is 3.14. The van der Waals surface area contributed by atoms with E-state index in [4.69, 9.17) is 4.74 Å². The fourth-order valence-corrected chi connectivity index (χ4v) is 5.31. The third-order valence-electron chi connectivity index (χ3n) is 7.15. The molecule has 7 nitrogen and oxygen atoms in total. The van der Waals surface area contributed by atoms with Crippen LogP contribution in [0, 0.1) is 11.3 Å². The summed E-state index contributed by atoms with van der Waals surface area (Å²) in [5, 5.41) is 15.2. The zero-order chi connectivity index (χ0) is 25.2. The number of carbonyl (C=O) groups excluding carboxylic acids is 2. The molecule has 1 saturated carbocycles. The molecule has 0 aromatic heterocycles. The molecule has 4 rings (SSSR count). The van der Waals surface area contributed by atoms with Crippen molar-refractivity contribution in [3.8, 4) is 11.1 Å². The second-order valence-corrected chi connectivity index (χ2v) is 10.6. The molecule has 2 amide bonds. The van der Waals surface area contributed by atoms with Crippen LogP contribution in [-0.2, 0) is 14.3 Å². The molecular formula is C28H34N2O5. The molecule has 186 valence electrons. The molecule has 2 aliphatic rings. The third kappa shape index (κ3) is 5.34. The Morgan fingerprint density at radius 2 is 1.54 bits per heavy atom. The van der Waals surface area contributed by atoms with Crippen LogP contribution >= 0.6 is 0 Å². The van der Waals surface area contributed by atoms with E-state index < -0.39 is 35.5 Å². The van der Waals surface area contributed by atoms with E-state index in [0.717, 1.165) is 35.1 Å². The van der Waals surface area contributed by atoms with Gasteiger partial charge in [0.2, 0.25) is 5.91 Å². The zero-order valence-electron chi connectivity index (χ0n) is 20.5. The topological polar surface area (TPSA) is 105 Å². The van der Waals surface area contributed by atoms with Gasteiger partial charge in [0.25, 0.3) is 0 Å². The van der Waals surface area contributed by atoms with Crippen LogP contribution in [0.5, 0.6) is 0 Å². The summed E-state index contributed by atoms with van der Waals surface area (Å²) < 4.78 is 5.67. The predicted octanol–water partition coefficient (Wildman–Crippen LogP) is 4.70. The van der Waals surface area contributed by atoms with E-state index >= 15 is 0 Å². The first kappa shape index (κ1) is 24.8. The Bertz CT molecular complexity index is 1060. The molecule has 0 bridgehead atoms. The highest BCUT2D eigenvalue weighted by Gasteiger charge is 2.38. The molecule has 2 aliphatic carbocycles. The van der Waals surface area contributed by atoms with Crippen molar-refractivity contribution in [1.29, 1.82) is 0 Å². The summed E-state index contributed by atoms with van der Waals surface area (Å²) in [4.78, 5) is 37.5. The van der Waals surface area contributed by atoms with E-state index in [0.29, 0.717) is 12.8 Å². The molecular weight excluding hydrogens is 444 g/mol. The monoisotopic (exact) mass is 478 g/mol. The molecule has 2 aromatic carbocycles. The lowest BCUT2D eigenvalue weighted by molar-refractivity contribution is -0.146. The zero-order valence-corrected chi connectivity index (χ0v) is 20.5. The number of rotatable bonds is 6. The highest BCUT2D eigenvalue weighted by molar-refractivity contribution is 5.86. The summed E-state index contributed by atoms with van der Waals surface area (Å²) >= 11 is 0. The average molecular weight is 479 g/mol. The van der Waals surface area contributed by atoms with Gasteiger partial charge in [-0.25, -0.2) is 9.59 Å². The number of nitrogens with one attached hydrogen (secondary N) is 2. The Hall–Kier alpha value is -3.35. The molecule has 1 fully saturated rings. The van der Waals surface area contributed by atoms with Crippen LogP contribution in [0.1, 0.15) is 63.5 Å². The van der Waals surface area contributed by atoms with Crippen molar-refractivity contribution in [2.75, 3.05) is 6.61 Å². The number of aliphatic carboxylic acids is 1. The Morgan fingerprint density at radius 1 is 0.971 bits per heavy atom. The van der Waals surface area contributed by atoms with E-state index in [-0.39, 0.29) is 18.4 Å². The predicted molar refractivity (Wildman–Crippen MR) is 133 cm³/mol. The fourth-order valence-electron chi connectivity index (χ4n) is 5.31. The standard InChI is InChI=1S/C28H34N2O5/c1-28(2,3)24(26(32)33)30-25(31)21-14-8-9-15-23(21)29-27(34)35-16-22-19-12-6-4-10-17(19)18-11-5-7-13-20(18)22/h4-7,10-13,21-24H,8-9,14-16H2,1-3H3,(H,29,34)(H,30,31)(H,32,33)/t21-,23+,24+/m0/s1. The first-order valence-electron chi connectivity index (χ1n) is 12.3. The van der Waals surface area contributed by atoms with E-state index in [1.165, 1.54) is 0 Å². The minimum absolute atomic E-state index is 0.0401. The van der Waals surface area contributed by atoms with Gasteiger partial charge in [0.1, 0.15) is 12.6 Å². The minimum atomic E-state index is -1.07. The number of carbonyl (C=O) groups is 3. The van der Waals surface area contributed by atoms with Crippen molar-refractivity contribution in [3.05, 3.63) is 59.7 Å². The molecule has 0 radical (unpaired) electrons. The number of carboxylic acid groups (broad SMARTS) is 1. The van der Waals surface area contributed by atoms with Gasteiger partial charge in [0.05, 0.1) is 5.92 Å². The minimum Gasteiger partial charge on any atom is -0.480 e. The molecule has 7 heteroatoms. The molecule has 35 heavy (non-hydrogen) atoms. The van der Waals surface area contributed by atoms with Crippen LogP contribution in [0.25, 0.3) is 11.1 Å². The van der Waals surface area contributed by atoms with Crippen LogP contribution in [-0.4, -0.2) is 41.8 Å². The van der Waals surface area contributed by atoms with Gasteiger partial charge in [-0.1, -0.05) is 82.1 Å². The van der Waals surface area contributed by atoms with Gasteiger partial charge in [-0.2, -0.15) is 0 Å². The van der Waals surface area contributed by atoms with E-state index in [2.05, 4.69) is 34.9 Å².